The number of rotatable bonds is 7. The van der Waals surface area contributed by atoms with Crippen LogP contribution in [0.15, 0.2) is 28.1 Å². The van der Waals surface area contributed by atoms with Crippen molar-refractivity contribution in [2.75, 3.05) is 13.1 Å². The Labute approximate surface area is 141 Å². The van der Waals surface area contributed by atoms with Gasteiger partial charge in [0, 0.05) is 13.1 Å². The van der Waals surface area contributed by atoms with Crippen molar-refractivity contribution in [3.63, 3.8) is 0 Å². The van der Waals surface area contributed by atoms with Gasteiger partial charge in [-0.25, -0.2) is 8.42 Å². The topological polar surface area (TPSA) is 119 Å². The molecule has 23 heavy (non-hydrogen) atoms. The lowest BCUT2D eigenvalue weighted by Crippen LogP contribution is -2.32. The molecule has 0 aliphatic heterocycles. The van der Waals surface area contributed by atoms with E-state index in [9.17, 15) is 13.2 Å². The van der Waals surface area contributed by atoms with E-state index in [1.807, 2.05) is 13.8 Å². The summed E-state index contributed by atoms with van der Waals surface area (Å²) in [6.45, 7) is 4.59. The van der Waals surface area contributed by atoms with Gasteiger partial charge in [-0.15, -0.1) is 0 Å². The minimum absolute atomic E-state index is 0.0158. The number of amides is 1. The van der Waals surface area contributed by atoms with Gasteiger partial charge in [0.1, 0.15) is 0 Å². The number of guanidine groups is 1. The Morgan fingerprint density at radius 2 is 1.78 bits per heavy atom. The van der Waals surface area contributed by atoms with Crippen molar-refractivity contribution in [2.24, 2.45) is 16.5 Å². The summed E-state index contributed by atoms with van der Waals surface area (Å²) in [7, 11) is -3.72. The van der Waals surface area contributed by atoms with Gasteiger partial charge in [0.15, 0.2) is 5.96 Å². The number of nitrogens with zero attached hydrogens (tertiary/aromatic N) is 2. The summed E-state index contributed by atoms with van der Waals surface area (Å²) >= 11 is 5.95. The molecule has 0 aliphatic carbocycles. The number of carbonyl (C=O) groups is 1. The largest absolute Gasteiger partial charge is 0.370 e. The number of aliphatic imine (C=N–C) groups is 1. The fourth-order valence-electron chi connectivity index (χ4n) is 2.01. The number of nitrogens with two attached hydrogens (primary N) is 2. The smallest absolute Gasteiger partial charge is 0.281 e. The van der Waals surface area contributed by atoms with E-state index >= 15 is 0 Å². The van der Waals surface area contributed by atoms with Crippen LogP contribution < -0.4 is 11.5 Å². The predicted molar refractivity (Wildman–Crippen MR) is 90.9 cm³/mol. The van der Waals surface area contributed by atoms with Crippen molar-refractivity contribution >= 4 is 33.5 Å². The molecule has 0 heterocycles. The zero-order valence-electron chi connectivity index (χ0n) is 13.1. The maximum Gasteiger partial charge on any atom is 0.281 e. The molecule has 0 saturated heterocycles. The Morgan fingerprint density at radius 3 is 2.26 bits per heavy atom. The second-order valence-electron chi connectivity index (χ2n) is 4.89. The van der Waals surface area contributed by atoms with Gasteiger partial charge in [-0.3, -0.25) is 4.79 Å². The number of benzene rings is 1. The first kappa shape index (κ1) is 19.4. The summed E-state index contributed by atoms with van der Waals surface area (Å²) in [4.78, 5) is 15.3. The van der Waals surface area contributed by atoms with Crippen LogP contribution in [0.25, 0.3) is 0 Å². The zero-order valence-corrected chi connectivity index (χ0v) is 14.7. The molecule has 128 valence electrons. The molecule has 9 heteroatoms. The van der Waals surface area contributed by atoms with Crippen molar-refractivity contribution in [2.45, 2.75) is 31.6 Å². The Morgan fingerprint density at radius 1 is 1.22 bits per heavy atom. The SMILES string of the molecule is CCCN(CCC)S(=O)(=O)c1ccc(Cl)c(C(=O)N=C(N)N)c1. The van der Waals surface area contributed by atoms with Crippen LogP contribution in [0.2, 0.25) is 5.02 Å². The lowest BCUT2D eigenvalue weighted by molar-refractivity contribution is 0.100. The number of hydrogen-bond donors (Lipinski definition) is 2. The number of hydrogen-bond acceptors (Lipinski definition) is 3. The quantitative estimate of drug-likeness (QED) is 0.565. The first-order valence-corrected chi connectivity index (χ1v) is 8.99. The minimum atomic E-state index is -3.72. The van der Waals surface area contributed by atoms with Crippen LogP contribution in [0, 0.1) is 0 Å². The van der Waals surface area contributed by atoms with E-state index < -0.39 is 21.9 Å². The van der Waals surface area contributed by atoms with Gasteiger partial charge >= 0.3 is 0 Å². The summed E-state index contributed by atoms with van der Waals surface area (Å²) in [5.74, 6) is -1.21. The monoisotopic (exact) mass is 360 g/mol. The molecular formula is C14H21ClN4O3S. The van der Waals surface area contributed by atoms with E-state index in [0.29, 0.717) is 25.9 Å². The van der Waals surface area contributed by atoms with Gasteiger partial charge in [-0.1, -0.05) is 25.4 Å². The molecule has 0 spiro atoms. The van der Waals surface area contributed by atoms with Crippen molar-refractivity contribution in [3.05, 3.63) is 28.8 Å². The van der Waals surface area contributed by atoms with E-state index in [-0.39, 0.29) is 15.5 Å². The number of carbonyl (C=O) groups excluding carboxylic acids is 1. The standard InChI is InChI=1S/C14H21ClN4O3S/c1-3-7-19(8-4-2)23(21,22)10-5-6-12(15)11(9-10)13(20)18-14(16)17/h5-6,9H,3-4,7-8H2,1-2H3,(H4,16,17,18,20). The van der Waals surface area contributed by atoms with E-state index in [1.165, 1.54) is 22.5 Å². The van der Waals surface area contributed by atoms with Crippen LogP contribution in [0.3, 0.4) is 0 Å². The summed E-state index contributed by atoms with van der Waals surface area (Å²) < 4.78 is 26.8. The van der Waals surface area contributed by atoms with Crippen LogP contribution >= 0.6 is 11.6 Å². The molecule has 0 aliphatic rings. The van der Waals surface area contributed by atoms with Crippen molar-refractivity contribution in [1.29, 1.82) is 0 Å². The average Bonchev–Trinajstić information content (AvgIpc) is 2.46. The molecular weight excluding hydrogens is 340 g/mol. The molecule has 0 saturated carbocycles. The second-order valence-corrected chi connectivity index (χ2v) is 7.23. The molecule has 0 unspecified atom stereocenters. The highest BCUT2D eigenvalue weighted by Crippen LogP contribution is 2.24. The molecule has 1 aromatic carbocycles. The molecule has 0 radical (unpaired) electrons. The van der Waals surface area contributed by atoms with Crippen molar-refractivity contribution in [1.82, 2.24) is 4.31 Å². The van der Waals surface area contributed by atoms with Gasteiger partial charge in [0.2, 0.25) is 10.0 Å². The summed E-state index contributed by atoms with van der Waals surface area (Å²) in [6.07, 6.45) is 1.37. The van der Waals surface area contributed by atoms with Crippen LogP contribution in [0.4, 0.5) is 0 Å². The zero-order chi connectivity index (χ0) is 17.6. The van der Waals surface area contributed by atoms with E-state index in [2.05, 4.69) is 4.99 Å². The third-order valence-electron chi connectivity index (χ3n) is 2.98. The first-order valence-electron chi connectivity index (χ1n) is 7.17. The Hall–Kier alpha value is -1.64. The molecule has 1 amide bonds. The Balaban J connectivity index is 3.32. The van der Waals surface area contributed by atoms with Gasteiger partial charge in [-0.05, 0) is 31.0 Å². The van der Waals surface area contributed by atoms with Crippen LogP contribution in [0.1, 0.15) is 37.0 Å². The van der Waals surface area contributed by atoms with Gasteiger partial charge in [0.05, 0.1) is 15.5 Å². The van der Waals surface area contributed by atoms with Crippen LogP contribution in [-0.2, 0) is 10.0 Å². The normalized spacial score (nSPS) is 11.5. The first-order chi connectivity index (χ1) is 10.7. The summed E-state index contributed by atoms with van der Waals surface area (Å²) in [6, 6.07) is 3.91. The molecule has 0 fully saturated rings. The fraction of sp³-hybridized carbons (Fsp3) is 0.429. The minimum Gasteiger partial charge on any atom is -0.370 e. The fourth-order valence-corrected chi connectivity index (χ4v) is 3.86. The number of halogens is 1. The van der Waals surface area contributed by atoms with Gasteiger partial charge in [0.25, 0.3) is 5.91 Å². The summed E-state index contributed by atoms with van der Waals surface area (Å²) in [5.41, 5.74) is 10.3. The van der Waals surface area contributed by atoms with E-state index in [4.69, 9.17) is 23.1 Å². The molecule has 4 N–H and O–H groups in total. The van der Waals surface area contributed by atoms with Crippen molar-refractivity contribution < 1.29 is 13.2 Å². The lowest BCUT2D eigenvalue weighted by Gasteiger charge is -2.21. The van der Waals surface area contributed by atoms with E-state index in [1.54, 1.807) is 0 Å². The third kappa shape index (κ3) is 4.92. The highest BCUT2D eigenvalue weighted by Gasteiger charge is 2.25. The summed E-state index contributed by atoms with van der Waals surface area (Å²) in [5, 5.41) is 0.0801. The predicted octanol–water partition coefficient (Wildman–Crippen LogP) is 1.56. The molecule has 1 aromatic rings. The third-order valence-corrected chi connectivity index (χ3v) is 5.21. The van der Waals surface area contributed by atoms with Crippen molar-refractivity contribution in [3.8, 4) is 0 Å². The Bertz CT molecular complexity index is 694. The maximum atomic E-state index is 12.7. The van der Waals surface area contributed by atoms with Crippen LogP contribution in [0.5, 0.6) is 0 Å². The molecule has 1 rings (SSSR count). The van der Waals surface area contributed by atoms with Crippen LogP contribution in [-0.4, -0.2) is 37.7 Å². The highest BCUT2D eigenvalue weighted by molar-refractivity contribution is 7.89. The molecule has 7 nitrogen and oxygen atoms in total. The average molecular weight is 361 g/mol. The molecule has 0 bridgehead atoms. The number of sulfonamides is 1. The molecule has 0 aromatic heterocycles. The van der Waals surface area contributed by atoms with Gasteiger partial charge < -0.3 is 11.5 Å². The van der Waals surface area contributed by atoms with Gasteiger partial charge in [-0.2, -0.15) is 9.30 Å². The second kappa shape index (κ2) is 8.28. The maximum absolute atomic E-state index is 12.7. The highest BCUT2D eigenvalue weighted by atomic mass is 35.5. The van der Waals surface area contributed by atoms with E-state index in [0.717, 1.165) is 0 Å². The molecule has 0 atom stereocenters. The lowest BCUT2D eigenvalue weighted by atomic mass is 10.2. The Kier molecular flexibility index (Phi) is 6.99.